The van der Waals surface area contributed by atoms with Crippen molar-refractivity contribution in [3.05, 3.63) is 35.9 Å². The van der Waals surface area contributed by atoms with Crippen molar-refractivity contribution in [3.63, 3.8) is 0 Å². The molecule has 1 aliphatic carbocycles. The van der Waals surface area contributed by atoms with E-state index in [0.29, 0.717) is 12.8 Å². The van der Waals surface area contributed by atoms with Gasteiger partial charge in [-0.1, -0.05) is 30.3 Å². The van der Waals surface area contributed by atoms with E-state index in [1.807, 2.05) is 30.3 Å². The van der Waals surface area contributed by atoms with Gasteiger partial charge in [0.15, 0.2) is 0 Å². The van der Waals surface area contributed by atoms with Gasteiger partial charge in [-0.3, -0.25) is 4.79 Å². The van der Waals surface area contributed by atoms with Gasteiger partial charge in [0.25, 0.3) is 0 Å². The number of carboxylic acids is 1. The first kappa shape index (κ1) is 10.2. The number of carboxylic acid groups (broad SMARTS) is 1. The van der Waals surface area contributed by atoms with Crippen LogP contribution in [0.1, 0.15) is 24.8 Å². The minimum absolute atomic E-state index is 0.0151. The minimum atomic E-state index is -0.749. The SMILES string of the molecule is N[C@@H]1CC[C@@](C(=O)O)(c2ccccc2)C1. The fourth-order valence-corrected chi connectivity index (χ4v) is 2.42. The van der Waals surface area contributed by atoms with Gasteiger partial charge in [-0.05, 0) is 24.8 Å². The monoisotopic (exact) mass is 205 g/mol. The van der Waals surface area contributed by atoms with Crippen LogP contribution < -0.4 is 5.73 Å². The van der Waals surface area contributed by atoms with Gasteiger partial charge in [0.2, 0.25) is 0 Å². The molecular weight excluding hydrogens is 190 g/mol. The average molecular weight is 205 g/mol. The van der Waals surface area contributed by atoms with E-state index in [0.717, 1.165) is 12.0 Å². The van der Waals surface area contributed by atoms with Crippen LogP contribution in [0.4, 0.5) is 0 Å². The Morgan fingerprint density at radius 2 is 2.07 bits per heavy atom. The van der Waals surface area contributed by atoms with Gasteiger partial charge in [-0.15, -0.1) is 0 Å². The molecule has 0 unspecified atom stereocenters. The number of rotatable bonds is 2. The Morgan fingerprint density at radius 3 is 2.53 bits per heavy atom. The molecule has 0 radical (unpaired) electrons. The van der Waals surface area contributed by atoms with Gasteiger partial charge in [0.1, 0.15) is 0 Å². The Labute approximate surface area is 88.9 Å². The van der Waals surface area contributed by atoms with Crippen molar-refractivity contribution in [2.75, 3.05) is 0 Å². The first-order valence-electron chi connectivity index (χ1n) is 5.20. The van der Waals surface area contributed by atoms with E-state index in [1.165, 1.54) is 0 Å². The van der Waals surface area contributed by atoms with Crippen LogP contribution >= 0.6 is 0 Å². The summed E-state index contributed by atoms with van der Waals surface area (Å²) in [6.45, 7) is 0. The lowest BCUT2D eigenvalue weighted by atomic mass is 9.79. The van der Waals surface area contributed by atoms with Crippen molar-refractivity contribution in [1.29, 1.82) is 0 Å². The molecule has 1 fully saturated rings. The predicted molar refractivity (Wildman–Crippen MR) is 57.6 cm³/mol. The van der Waals surface area contributed by atoms with Crippen LogP contribution in [-0.2, 0) is 10.2 Å². The van der Waals surface area contributed by atoms with E-state index in [2.05, 4.69) is 0 Å². The number of aliphatic carboxylic acids is 1. The molecule has 1 aromatic carbocycles. The van der Waals surface area contributed by atoms with Gasteiger partial charge in [-0.25, -0.2) is 0 Å². The molecule has 1 aromatic rings. The molecule has 1 saturated carbocycles. The Morgan fingerprint density at radius 1 is 1.40 bits per heavy atom. The summed E-state index contributed by atoms with van der Waals surface area (Å²) in [4.78, 5) is 11.4. The molecule has 15 heavy (non-hydrogen) atoms. The third-order valence-electron chi connectivity index (χ3n) is 3.29. The summed E-state index contributed by atoms with van der Waals surface area (Å²) < 4.78 is 0. The lowest BCUT2D eigenvalue weighted by molar-refractivity contribution is -0.143. The quantitative estimate of drug-likeness (QED) is 0.769. The Hall–Kier alpha value is -1.35. The summed E-state index contributed by atoms with van der Waals surface area (Å²) in [5.74, 6) is -0.748. The third kappa shape index (κ3) is 1.63. The van der Waals surface area contributed by atoms with Gasteiger partial charge in [0.05, 0.1) is 5.41 Å². The smallest absolute Gasteiger partial charge is 0.314 e. The normalized spacial score (nSPS) is 30.3. The average Bonchev–Trinajstić information content (AvgIpc) is 2.63. The van der Waals surface area contributed by atoms with Gasteiger partial charge >= 0.3 is 5.97 Å². The molecule has 0 heterocycles. The first-order chi connectivity index (χ1) is 7.15. The van der Waals surface area contributed by atoms with E-state index < -0.39 is 11.4 Å². The standard InChI is InChI=1S/C12H15NO2/c13-10-6-7-12(8-10,11(14)15)9-4-2-1-3-5-9/h1-5,10H,6-8,13H2,(H,14,15)/t10-,12+/m1/s1. The second kappa shape index (κ2) is 3.66. The zero-order valence-electron chi connectivity index (χ0n) is 8.52. The highest BCUT2D eigenvalue weighted by molar-refractivity contribution is 5.82. The van der Waals surface area contributed by atoms with Crippen LogP contribution in [0.5, 0.6) is 0 Å². The summed E-state index contributed by atoms with van der Waals surface area (Å²) in [6, 6.07) is 9.43. The molecule has 0 amide bonds. The van der Waals surface area contributed by atoms with E-state index in [-0.39, 0.29) is 6.04 Å². The summed E-state index contributed by atoms with van der Waals surface area (Å²) in [6.07, 6.45) is 1.99. The molecule has 80 valence electrons. The van der Waals surface area contributed by atoms with Crippen molar-refractivity contribution in [2.24, 2.45) is 5.73 Å². The molecule has 3 nitrogen and oxygen atoms in total. The summed E-state index contributed by atoms with van der Waals surface area (Å²) in [5.41, 5.74) is 5.95. The van der Waals surface area contributed by atoms with Crippen LogP contribution in [0.2, 0.25) is 0 Å². The lowest BCUT2D eigenvalue weighted by Crippen LogP contribution is -2.34. The minimum Gasteiger partial charge on any atom is -0.481 e. The van der Waals surface area contributed by atoms with Crippen molar-refractivity contribution < 1.29 is 9.90 Å². The number of hydrogen-bond donors (Lipinski definition) is 2. The Balaban J connectivity index is 2.41. The molecular formula is C12H15NO2. The van der Waals surface area contributed by atoms with Crippen LogP contribution in [0, 0.1) is 0 Å². The molecule has 0 aliphatic heterocycles. The van der Waals surface area contributed by atoms with Crippen LogP contribution in [-0.4, -0.2) is 17.1 Å². The highest BCUT2D eigenvalue weighted by Gasteiger charge is 2.45. The second-order valence-electron chi connectivity index (χ2n) is 4.26. The molecule has 0 saturated heterocycles. The van der Waals surface area contributed by atoms with Gasteiger partial charge in [-0.2, -0.15) is 0 Å². The van der Waals surface area contributed by atoms with E-state index in [1.54, 1.807) is 0 Å². The first-order valence-corrected chi connectivity index (χ1v) is 5.20. The third-order valence-corrected chi connectivity index (χ3v) is 3.29. The van der Waals surface area contributed by atoms with Crippen LogP contribution in [0.3, 0.4) is 0 Å². The van der Waals surface area contributed by atoms with Crippen LogP contribution in [0.15, 0.2) is 30.3 Å². The lowest BCUT2D eigenvalue weighted by Gasteiger charge is -2.24. The zero-order chi connectivity index (χ0) is 10.9. The highest BCUT2D eigenvalue weighted by atomic mass is 16.4. The van der Waals surface area contributed by atoms with Crippen molar-refractivity contribution >= 4 is 5.97 Å². The summed E-state index contributed by atoms with van der Waals surface area (Å²) in [7, 11) is 0. The maximum atomic E-state index is 11.4. The molecule has 1 aliphatic rings. The van der Waals surface area contributed by atoms with E-state index >= 15 is 0 Å². The molecule has 3 heteroatoms. The maximum absolute atomic E-state index is 11.4. The summed E-state index contributed by atoms with van der Waals surface area (Å²) >= 11 is 0. The zero-order valence-corrected chi connectivity index (χ0v) is 8.52. The van der Waals surface area contributed by atoms with Crippen molar-refractivity contribution in [2.45, 2.75) is 30.7 Å². The number of carbonyl (C=O) groups is 1. The maximum Gasteiger partial charge on any atom is 0.314 e. The van der Waals surface area contributed by atoms with Crippen LogP contribution in [0.25, 0.3) is 0 Å². The predicted octanol–water partition coefficient (Wildman–Crippen LogP) is 1.52. The van der Waals surface area contributed by atoms with Crippen molar-refractivity contribution in [3.8, 4) is 0 Å². The van der Waals surface area contributed by atoms with E-state index in [9.17, 15) is 9.90 Å². The molecule has 2 atom stereocenters. The Kier molecular flexibility index (Phi) is 2.49. The molecule has 0 aromatic heterocycles. The molecule has 2 rings (SSSR count). The van der Waals surface area contributed by atoms with Gasteiger partial charge < -0.3 is 10.8 Å². The van der Waals surface area contributed by atoms with E-state index in [4.69, 9.17) is 5.73 Å². The molecule has 0 bridgehead atoms. The second-order valence-corrected chi connectivity index (χ2v) is 4.26. The fourth-order valence-electron chi connectivity index (χ4n) is 2.42. The molecule has 0 spiro atoms. The number of benzene rings is 1. The van der Waals surface area contributed by atoms with Crippen molar-refractivity contribution in [1.82, 2.24) is 0 Å². The fraction of sp³-hybridized carbons (Fsp3) is 0.417. The Bertz CT molecular complexity index is 363. The topological polar surface area (TPSA) is 63.3 Å². The summed E-state index contributed by atoms with van der Waals surface area (Å²) in [5, 5.41) is 9.38. The number of nitrogens with two attached hydrogens (primary N) is 1. The largest absolute Gasteiger partial charge is 0.481 e. The highest BCUT2D eigenvalue weighted by Crippen LogP contribution is 2.40. The van der Waals surface area contributed by atoms with Gasteiger partial charge in [0, 0.05) is 6.04 Å². The number of hydrogen-bond acceptors (Lipinski definition) is 2. The molecule has 3 N–H and O–H groups in total.